The maximum atomic E-state index is 12.1. The van der Waals surface area contributed by atoms with Gasteiger partial charge in [0.2, 0.25) is 5.91 Å². The first-order chi connectivity index (χ1) is 13.1. The Bertz CT molecular complexity index is 769. The lowest BCUT2D eigenvalue weighted by molar-refractivity contribution is -0.130. The van der Waals surface area contributed by atoms with Crippen molar-refractivity contribution in [3.8, 4) is 0 Å². The van der Waals surface area contributed by atoms with Gasteiger partial charge >= 0.3 is 0 Å². The van der Waals surface area contributed by atoms with E-state index in [2.05, 4.69) is 31.2 Å². The summed E-state index contributed by atoms with van der Waals surface area (Å²) < 4.78 is 2.20. The Morgan fingerprint density at radius 3 is 2.57 bits per heavy atom. The molecule has 1 aromatic carbocycles. The summed E-state index contributed by atoms with van der Waals surface area (Å²) in [5.41, 5.74) is 2.16. The summed E-state index contributed by atoms with van der Waals surface area (Å²) >= 11 is 0. The molecule has 0 aliphatic rings. The number of benzene rings is 1. The molecular formula is C20H33IN6O. The van der Waals surface area contributed by atoms with Gasteiger partial charge in [0.1, 0.15) is 5.82 Å². The van der Waals surface area contributed by atoms with Crippen molar-refractivity contribution in [3.63, 3.8) is 0 Å². The fraction of sp³-hybridized carbons (Fsp3) is 0.550. The summed E-state index contributed by atoms with van der Waals surface area (Å²) in [5, 5.41) is 6.58. The third-order valence-corrected chi connectivity index (χ3v) is 4.53. The number of aliphatic imine (C=N–C) groups is 1. The van der Waals surface area contributed by atoms with Crippen LogP contribution in [-0.2, 0) is 11.3 Å². The maximum absolute atomic E-state index is 12.1. The van der Waals surface area contributed by atoms with Crippen LogP contribution in [0, 0.1) is 6.92 Å². The highest BCUT2D eigenvalue weighted by Crippen LogP contribution is 2.14. The largest absolute Gasteiger partial charge is 0.357 e. The number of guanidine groups is 1. The van der Waals surface area contributed by atoms with Crippen molar-refractivity contribution in [2.24, 2.45) is 4.99 Å². The Hall–Kier alpha value is -1.84. The van der Waals surface area contributed by atoms with Gasteiger partial charge < -0.3 is 20.1 Å². The number of carbonyl (C=O) groups is 1. The molecule has 1 heterocycles. The van der Waals surface area contributed by atoms with Crippen molar-refractivity contribution in [3.05, 3.63) is 30.1 Å². The van der Waals surface area contributed by atoms with E-state index in [-0.39, 0.29) is 29.9 Å². The van der Waals surface area contributed by atoms with Crippen molar-refractivity contribution in [1.82, 2.24) is 25.1 Å². The van der Waals surface area contributed by atoms with E-state index >= 15 is 0 Å². The smallest absolute Gasteiger partial charge is 0.224 e. The van der Waals surface area contributed by atoms with E-state index in [1.807, 2.05) is 50.8 Å². The van der Waals surface area contributed by atoms with Gasteiger partial charge in [-0.25, -0.2) is 4.98 Å². The van der Waals surface area contributed by atoms with Crippen LogP contribution in [0.3, 0.4) is 0 Å². The molecule has 2 N–H and O–H groups in total. The number of hydrogen-bond donors (Lipinski definition) is 2. The number of nitrogens with one attached hydrogen (secondary N) is 2. The molecule has 0 radical (unpaired) electrons. The number of aromatic nitrogens is 2. The molecule has 2 aromatic rings. The molecule has 2 rings (SSSR count). The van der Waals surface area contributed by atoms with Crippen LogP contribution in [0.25, 0.3) is 11.0 Å². The van der Waals surface area contributed by atoms with Gasteiger partial charge in [-0.1, -0.05) is 12.1 Å². The second-order valence-corrected chi connectivity index (χ2v) is 6.30. The van der Waals surface area contributed by atoms with E-state index in [9.17, 15) is 4.79 Å². The van der Waals surface area contributed by atoms with E-state index in [1.54, 1.807) is 0 Å². The molecular weight excluding hydrogens is 467 g/mol. The lowest BCUT2D eigenvalue weighted by atomic mass is 10.3. The predicted molar refractivity (Wildman–Crippen MR) is 126 cm³/mol. The highest BCUT2D eigenvalue weighted by Gasteiger charge is 2.09. The number of nitrogens with zero attached hydrogens (tertiary/aromatic N) is 4. The molecule has 0 unspecified atom stereocenters. The van der Waals surface area contributed by atoms with Crippen molar-refractivity contribution in [1.29, 1.82) is 0 Å². The highest BCUT2D eigenvalue weighted by molar-refractivity contribution is 14.0. The Morgan fingerprint density at radius 2 is 1.89 bits per heavy atom. The summed E-state index contributed by atoms with van der Waals surface area (Å²) in [4.78, 5) is 23.0. The van der Waals surface area contributed by atoms with Gasteiger partial charge in [0.25, 0.3) is 0 Å². The highest BCUT2D eigenvalue weighted by atomic mass is 127. The molecule has 0 fully saturated rings. The van der Waals surface area contributed by atoms with Crippen molar-refractivity contribution in [2.75, 3.05) is 32.7 Å². The molecule has 28 heavy (non-hydrogen) atoms. The molecule has 1 aromatic heterocycles. The number of halogens is 1. The number of fused-ring (bicyclic) bond motifs is 1. The van der Waals surface area contributed by atoms with Crippen LogP contribution in [0.15, 0.2) is 29.3 Å². The minimum absolute atomic E-state index is 0. The molecule has 0 spiro atoms. The Kier molecular flexibility index (Phi) is 10.9. The topological polar surface area (TPSA) is 74.6 Å². The zero-order chi connectivity index (χ0) is 19.6. The van der Waals surface area contributed by atoms with E-state index < -0.39 is 0 Å². The number of rotatable bonds is 9. The van der Waals surface area contributed by atoms with Crippen LogP contribution < -0.4 is 10.6 Å². The zero-order valence-corrected chi connectivity index (χ0v) is 19.7. The first kappa shape index (κ1) is 24.2. The third-order valence-electron chi connectivity index (χ3n) is 4.53. The number of amides is 1. The van der Waals surface area contributed by atoms with Gasteiger partial charge in [0.15, 0.2) is 5.96 Å². The van der Waals surface area contributed by atoms with Gasteiger partial charge in [-0.2, -0.15) is 0 Å². The average molecular weight is 500 g/mol. The van der Waals surface area contributed by atoms with Crippen LogP contribution >= 0.6 is 24.0 Å². The molecule has 1 amide bonds. The first-order valence-corrected chi connectivity index (χ1v) is 9.82. The van der Waals surface area contributed by atoms with Crippen LogP contribution in [0.2, 0.25) is 0 Å². The number of aryl methyl sites for hydroxylation is 1. The van der Waals surface area contributed by atoms with E-state index in [0.717, 1.165) is 55.5 Å². The zero-order valence-electron chi connectivity index (χ0n) is 17.4. The summed E-state index contributed by atoms with van der Waals surface area (Å²) in [7, 11) is 0. The van der Waals surface area contributed by atoms with Crippen LogP contribution in [0.1, 0.15) is 33.0 Å². The lowest BCUT2D eigenvalue weighted by Gasteiger charge is -2.18. The first-order valence-electron chi connectivity index (χ1n) is 9.82. The second-order valence-electron chi connectivity index (χ2n) is 6.30. The number of imidazole rings is 1. The van der Waals surface area contributed by atoms with E-state index in [1.165, 1.54) is 0 Å². The average Bonchev–Trinajstić information content (AvgIpc) is 2.98. The van der Waals surface area contributed by atoms with Crippen molar-refractivity contribution < 1.29 is 4.79 Å². The van der Waals surface area contributed by atoms with Crippen LogP contribution in [0.5, 0.6) is 0 Å². The molecule has 0 saturated carbocycles. The molecule has 0 aliphatic heterocycles. The SMILES string of the molecule is CCNC(=NCCC(=O)N(CC)CC)NCCn1c(C)nc2ccccc21.I. The van der Waals surface area contributed by atoms with Crippen molar-refractivity contribution >= 4 is 46.9 Å². The maximum Gasteiger partial charge on any atom is 0.224 e. The Morgan fingerprint density at radius 1 is 1.18 bits per heavy atom. The number of carbonyl (C=O) groups excluding carboxylic acids is 1. The summed E-state index contributed by atoms with van der Waals surface area (Å²) in [5.74, 6) is 1.90. The molecule has 0 aliphatic carbocycles. The molecule has 8 heteroatoms. The quantitative estimate of drug-likeness (QED) is 0.316. The van der Waals surface area contributed by atoms with Gasteiger partial charge in [0.05, 0.1) is 17.6 Å². The minimum atomic E-state index is 0. The summed E-state index contributed by atoms with van der Waals surface area (Å²) in [6.07, 6.45) is 0.434. The second kappa shape index (κ2) is 12.6. The Balaban J connectivity index is 0.00000392. The van der Waals surface area contributed by atoms with Gasteiger partial charge in [0, 0.05) is 39.1 Å². The molecule has 156 valence electrons. The van der Waals surface area contributed by atoms with E-state index in [0.29, 0.717) is 13.0 Å². The third kappa shape index (κ3) is 6.65. The number of para-hydroxylation sites is 2. The molecule has 0 atom stereocenters. The van der Waals surface area contributed by atoms with Gasteiger partial charge in [-0.05, 0) is 39.8 Å². The van der Waals surface area contributed by atoms with E-state index in [4.69, 9.17) is 0 Å². The Labute approximate surface area is 185 Å². The predicted octanol–water partition coefficient (Wildman–Crippen LogP) is 2.78. The van der Waals surface area contributed by atoms with Gasteiger partial charge in [-0.15, -0.1) is 24.0 Å². The van der Waals surface area contributed by atoms with Crippen LogP contribution in [0.4, 0.5) is 0 Å². The minimum Gasteiger partial charge on any atom is -0.357 e. The fourth-order valence-electron chi connectivity index (χ4n) is 3.10. The number of hydrogen-bond acceptors (Lipinski definition) is 3. The van der Waals surface area contributed by atoms with Crippen LogP contribution in [-0.4, -0.2) is 59.0 Å². The molecule has 7 nitrogen and oxygen atoms in total. The fourth-order valence-corrected chi connectivity index (χ4v) is 3.10. The standard InChI is InChI=1S/C20H32N6O.HI/c1-5-21-20(22-13-12-19(27)25(6-2)7-3)23-14-15-26-16(4)24-17-10-8-9-11-18(17)26;/h8-11H,5-7,12-15H2,1-4H3,(H2,21,22,23);1H. The van der Waals surface area contributed by atoms with Crippen molar-refractivity contribution in [2.45, 2.75) is 40.7 Å². The molecule has 0 saturated heterocycles. The summed E-state index contributed by atoms with van der Waals surface area (Å²) in [6, 6.07) is 8.16. The van der Waals surface area contributed by atoms with Gasteiger partial charge in [-0.3, -0.25) is 9.79 Å². The lowest BCUT2D eigenvalue weighted by Crippen LogP contribution is -2.39. The molecule has 0 bridgehead atoms. The normalized spacial score (nSPS) is 11.2. The monoisotopic (exact) mass is 500 g/mol. The summed E-state index contributed by atoms with van der Waals surface area (Å²) in [6.45, 7) is 12.3.